The molecule has 0 spiro atoms. The maximum atomic E-state index is 13.4. The lowest BCUT2D eigenvalue weighted by Gasteiger charge is -2.34. The van der Waals surface area contributed by atoms with Crippen LogP contribution in [0.3, 0.4) is 0 Å². The zero-order valence-corrected chi connectivity index (χ0v) is 22.9. The molecule has 0 aliphatic carbocycles. The average Bonchev–Trinajstić information content (AvgIpc) is 2.97. The van der Waals surface area contributed by atoms with Crippen molar-refractivity contribution in [1.29, 1.82) is 0 Å². The van der Waals surface area contributed by atoms with Crippen molar-refractivity contribution in [2.45, 2.75) is 45.4 Å². The van der Waals surface area contributed by atoms with Gasteiger partial charge < -0.3 is 20.1 Å². The summed E-state index contributed by atoms with van der Waals surface area (Å²) < 4.78 is 6.60. The maximum absolute atomic E-state index is 13.4. The highest BCUT2D eigenvalue weighted by molar-refractivity contribution is 5.92. The van der Waals surface area contributed by atoms with E-state index < -0.39 is 0 Å². The summed E-state index contributed by atoms with van der Waals surface area (Å²) in [6.07, 6.45) is 3.75. The normalized spacial score (nSPS) is 18.4. The number of ether oxygens (including phenoxy) is 1. The fraction of sp³-hybridized carbons (Fsp3) is 0.387. The molecule has 2 heterocycles. The average molecular weight is 531 g/mol. The first-order valence-corrected chi connectivity index (χ1v) is 13.4. The number of benzene rings is 2. The van der Waals surface area contributed by atoms with Crippen molar-refractivity contribution in [3.63, 3.8) is 0 Å². The van der Waals surface area contributed by atoms with Crippen LogP contribution in [0.4, 0.5) is 5.69 Å². The molecular formula is C31H38N4O4. The summed E-state index contributed by atoms with van der Waals surface area (Å²) in [6, 6.07) is 18.7. The van der Waals surface area contributed by atoms with Crippen LogP contribution in [0.25, 0.3) is 0 Å². The smallest absolute Gasteiger partial charge is 0.228 e. The number of carbonyl (C=O) groups is 2. The summed E-state index contributed by atoms with van der Waals surface area (Å²) >= 11 is 0. The molecule has 1 aromatic heterocycles. The van der Waals surface area contributed by atoms with Crippen LogP contribution in [-0.2, 0) is 29.0 Å². The van der Waals surface area contributed by atoms with E-state index in [4.69, 9.17) is 4.74 Å². The molecule has 0 radical (unpaired) electrons. The molecule has 2 aromatic carbocycles. The summed E-state index contributed by atoms with van der Waals surface area (Å²) in [5.41, 5.74) is 3.41. The molecule has 4 rings (SSSR count). The third-order valence-corrected chi connectivity index (χ3v) is 7.10. The van der Waals surface area contributed by atoms with E-state index in [1.807, 2.05) is 67.6 Å². The lowest BCUT2D eigenvalue weighted by molar-refractivity contribution is -0.134. The molecule has 0 unspecified atom stereocenters. The monoisotopic (exact) mass is 530 g/mol. The fourth-order valence-electron chi connectivity index (χ4n) is 4.88. The molecule has 206 valence electrons. The number of nitrogens with one attached hydrogen (secondary N) is 1. The van der Waals surface area contributed by atoms with Crippen molar-refractivity contribution < 1.29 is 19.4 Å². The molecule has 1 aliphatic heterocycles. The molecule has 0 saturated heterocycles. The van der Waals surface area contributed by atoms with E-state index >= 15 is 0 Å². The zero-order chi connectivity index (χ0) is 27.8. The summed E-state index contributed by atoms with van der Waals surface area (Å²) in [5, 5.41) is 12.8. The number of amides is 2. The minimum atomic E-state index is -0.314. The summed E-state index contributed by atoms with van der Waals surface area (Å²) in [4.78, 5) is 34.2. The van der Waals surface area contributed by atoms with Crippen molar-refractivity contribution in [3.8, 4) is 5.75 Å². The van der Waals surface area contributed by atoms with Gasteiger partial charge in [-0.1, -0.05) is 37.3 Å². The lowest BCUT2D eigenvalue weighted by atomic mass is 10.0. The van der Waals surface area contributed by atoms with E-state index in [2.05, 4.69) is 29.2 Å². The van der Waals surface area contributed by atoms with Crippen LogP contribution >= 0.6 is 0 Å². The third kappa shape index (κ3) is 7.88. The number of fused-ring (bicyclic) bond motifs is 1. The number of nitrogens with zero attached hydrogens (tertiary/aromatic N) is 3. The van der Waals surface area contributed by atoms with Crippen LogP contribution in [-0.4, -0.2) is 70.6 Å². The second kappa shape index (κ2) is 13.4. The Bertz CT molecular complexity index is 1240. The second-order valence-electron chi connectivity index (χ2n) is 10.5. The lowest BCUT2D eigenvalue weighted by Crippen LogP contribution is -2.47. The molecule has 39 heavy (non-hydrogen) atoms. The number of aromatic nitrogens is 1. The molecule has 3 atom stereocenters. The number of likely N-dealkylation sites (N-methyl/N-ethyl adjacent to an activating group) is 1. The minimum absolute atomic E-state index is 0.0130. The Labute approximate surface area is 230 Å². The van der Waals surface area contributed by atoms with Crippen LogP contribution in [0.15, 0.2) is 73.1 Å². The number of aliphatic hydroxyl groups is 1. The second-order valence-corrected chi connectivity index (χ2v) is 10.5. The van der Waals surface area contributed by atoms with Gasteiger partial charge in [0.25, 0.3) is 0 Å². The number of rotatable bonds is 9. The van der Waals surface area contributed by atoms with Gasteiger partial charge in [0, 0.05) is 49.2 Å². The van der Waals surface area contributed by atoms with Gasteiger partial charge in [0.15, 0.2) is 0 Å². The van der Waals surface area contributed by atoms with Gasteiger partial charge in [0.1, 0.15) is 11.9 Å². The number of pyridine rings is 1. The Kier molecular flexibility index (Phi) is 9.68. The van der Waals surface area contributed by atoms with E-state index in [1.165, 1.54) is 0 Å². The number of anilines is 1. The van der Waals surface area contributed by atoms with Gasteiger partial charge in [-0.3, -0.25) is 19.5 Å². The topological polar surface area (TPSA) is 95.0 Å². The van der Waals surface area contributed by atoms with Crippen LogP contribution in [0.5, 0.6) is 5.75 Å². The van der Waals surface area contributed by atoms with E-state index in [9.17, 15) is 14.7 Å². The molecule has 3 aromatic rings. The maximum Gasteiger partial charge on any atom is 0.228 e. The molecule has 8 heteroatoms. The zero-order valence-electron chi connectivity index (χ0n) is 22.9. The van der Waals surface area contributed by atoms with Gasteiger partial charge in [-0.15, -0.1) is 0 Å². The van der Waals surface area contributed by atoms with Gasteiger partial charge in [0.05, 0.1) is 25.5 Å². The molecule has 1 aliphatic rings. The van der Waals surface area contributed by atoms with Crippen LogP contribution in [0.1, 0.15) is 30.5 Å². The highest BCUT2D eigenvalue weighted by atomic mass is 16.5. The molecular weight excluding hydrogens is 492 g/mol. The van der Waals surface area contributed by atoms with E-state index in [1.54, 1.807) is 17.3 Å². The van der Waals surface area contributed by atoms with E-state index in [-0.39, 0.29) is 49.3 Å². The van der Waals surface area contributed by atoms with E-state index in [0.29, 0.717) is 30.1 Å². The number of carbonyl (C=O) groups excluding carboxylic acids is 2. The standard InChI is InChI=1S/C31H38N4O4/c1-22-18-35(23(2)21-36)31(38)17-26-16-27(33-30(37)15-24-7-5-4-6-8-24)9-10-28(26)39-29(22)20-34(3)19-25-11-13-32-14-12-25/h4-14,16,22-23,29,36H,15,17-21H2,1-3H3,(H,33,37)/t22-,23+,29-/m0/s1. The first kappa shape index (κ1) is 28.3. The van der Waals surface area contributed by atoms with Crippen LogP contribution < -0.4 is 10.1 Å². The van der Waals surface area contributed by atoms with Crippen molar-refractivity contribution in [1.82, 2.24) is 14.8 Å². The summed E-state index contributed by atoms with van der Waals surface area (Å²) in [5.74, 6) is 0.444. The molecule has 2 amide bonds. The van der Waals surface area contributed by atoms with Crippen LogP contribution in [0, 0.1) is 5.92 Å². The molecule has 0 fully saturated rings. The largest absolute Gasteiger partial charge is 0.488 e. The van der Waals surface area contributed by atoms with Crippen molar-refractivity contribution >= 4 is 17.5 Å². The molecule has 0 bridgehead atoms. The first-order valence-electron chi connectivity index (χ1n) is 13.4. The van der Waals surface area contributed by atoms with Crippen molar-refractivity contribution in [3.05, 3.63) is 89.7 Å². The number of hydrogen-bond acceptors (Lipinski definition) is 6. The number of hydrogen-bond donors (Lipinski definition) is 2. The van der Waals surface area contributed by atoms with Gasteiger partial charge in [-0.05, 0) is 55.4 Å². The highest BCUT2D eigenvalue weighted by Crippen LogP contribution is 2.29. The summed E-state index contributed by atoms with van der Waals surface area (Å²) in [6.45, 7) is 5.68. The summed E-state index contributed by atoms with van der Waals surface area (Å²) in [7, 11) is 2.05. The Morgan fingerprint density at radius 3 is 2.62 bits per heavy atom. The van der Waals surface area contributed by atoms with Gasteiger partial charge in [0.2, 0.25) is 11.8 Å². The Hall–Kier alpha value is -3.75. The molecule has 2 N–H and O–H groups in total. The third-order valence-electron chi connectivity index (χ3n) is 7.10. The van der Waals surface area contributed by atoms with Crippen molar-refractivity contribution in [2.24, 2.45) is 5.92 Å². The van der Waals surface area contributed by atoms with Crippen molar-refractivity contribution in [2.75, 3.05) is 32.1 Å². The Morgan fingerprint density at radius 2 is 1.90 bits per heavy atom. The predicted octanol–water partition coefficient (Wildman–Crippen LogP) is 3.54. The first-order chi connectivity index (χ1) is 18.8. The Morgan fingerprint density at radius 1 is 1.15 bits per heavy atom. The highest BCUT2D eigenvalue weighted by Gasteiger charge is 2.31. The molecule has 0 saturated carbocycles. The minimum Gasteiger partial charge on any atom is -0.488 e. The van der Waals surface area contributed by atoms with Gasteiger partial charge >= 0.3 is 0 Å². The predicted molar refractivity (Wildman–Crippen MR) is 151 cm³/mol. The van der Waals surface area contributed by atoms with Crippen LogP contribution in [0.2, 0.25) is 0 Å². The SMILES string of the molecule is C[C@H](CO)N1C[C@H](C)[C@H](CN(C)Cc2ccncc2)Oc2ccc(NC(=O)Cc3ccccc3)cc2CC1=O. The number of aliphatic hydroxyl groups excluding tert-OH is 1. The van der Waals surface area contributed by atoms with Gasteiger partial charge in [-0.25, -0.2) is 0 Å². The quantitative estimate of drug-likeness (QED) is 0.440. The Balaban J connectivity index is 1.56. The van der Waals surface area contributed by atoms with Gasteiger partial charge in [-0.2, -0.15) is 0 Å². The van der Waals surface area contributed by atoms with E-state index in [0.717, 1.165) is 17.7 Å². The molecule has 8 nitrogen and oxygen atoms in total. The fourth-order valence-corrected chi connectivity index (χ4v) is 4.88.